The molecule has 0 bridgehead atoms. The highest BCUT2D eigenvalue weighted by Gasteiger charge is 2.32. The van der Waals surface area contributed by atoms with E-state index in [0.717, 1.165) is 27.5 Å². The maximum atomic E-state index is 14.7. The average Bonchev–Trinajstić information content (AvgIpc) is 2.93. The lowest BCUT2D eigenvalue weighted by Crippen LogP contribution is -2.37. The molecule has 0 saturated heterocycles. The number of hydrogen-bond donors (Lipinski definition) is 1. The van der Waals surface area contributed by atoms with Crippen LogP contribution in [0.5, 0.6) is 5.75 Å². The molecule has 0 fully saturated rings. The first-order valence-electron chi connectivity index (χ1n) is 11.7. The Morgan fingerprint density at radius 2 is 1.31 bits per heavy atom. The summed E-state index contributed by atoms with van der Waals surface area (Å²) in [5.74, 6) is 0.758. The maximum Gasteiger partial charge on any atom is 0.250 e. The second-order valence-electron chi connectivity index (χ2n) is 8.45. The first kappa shape index (κ1) is 24.5. The van der Waals surface area contributed by atoms with Gasteiger partial charge in [-0.15, -0.1) is 0 Å². The van der Waals surface area contributed by atoms with Crippen LogP contribution in [-0.2, 0) is 11.0 Å². The molecule has 0 saturated carbocycles. The highest BCUT2D eigenvalue weighted by atomic mass is 31.2. The fraction of sp³-hybridized carbons (Fsp3) is 0.167. The van der Waals surface area contributed by atoms with Crippen LogP contribution in [0.1, 0.15) is 23.6 Å². The van der Waals surface area contributed by atoms with Crippen molar-refractivity contribution in [3.05, 3.63) is 138 Å². The van der Waals surface area contributed by atoms with Gasteiger partial charge in [0.1, 0.15) is 5.75 Å². The van der Waals surface area contributed by atoms with Gasteiger partial charge in [-0.1, -0.05) is 66.7 Å². The zero-order valence-electron chi connectivity index (χ0n) is 19.7. The standard InChI is InChI=1S/C30H29N2O2P/c1-31-30(25-18-20-27(34-2)21-19-25)23-26(22-24-12-6-3-7-13-24)32-35(33,28-14-8-4-9-15-28)29-16-10-5-11-17-29/h3-21,26,30H,22-23H2,2H3,(H,32,33)/t26-,30-/m0/s1. The molecular weight excluding hydrogens is 451 g/mol. The molecule has 0 amide bonds. The van der Waals surface area contributed by atoms with E-state index < -0.39 is 7.29 Å². The van der Waals surface area contributed by atoms with Crippen molar-refractivity contribution in [2.24, 2.45) is 0 Å². The molecule has 0 aliphatic rings. The zero-order chi connectivity index (χ0) is 24.5. The lowest BCUT2D eigenvalue weighted by atomic mass is 9.96. The largest absolute Gasteiger partial charge is 0.497 e. The molecule has 4 aromatic carbocycles. The zero-order valence-corrected chi connectivity index (χ0v) is 20.6. The Kier molecular flexibility index (Phi) is 8.16. The van der Waals surface area contributed by atoms with Crippen LogP contribution >= 0.6 is 7.29 Å². The first-order chi connectivity index (χ1) is 17.1. The molecule has 0 unspecified atom stereocenters. The lowest BCUT2D eigenvalue weighted by molar-refractivity contribution is 0.414. The summed E-state index contributed by atoms with van der Waals surface area (Å²) < 4.78 is 20.0. The van der Waals surface area contributed by atoms with Gasteiger partial charge in [0, 0.05) is 28.6 Å². The summed E-state index contributed by atoms with van der Waals surface area (Å²) in [6.45, 7) is 7.93. The van der Waals surface area contributed by atoms with E-state index in [1.807, 2.05) is 103 Å². The van der Waals surface area contributed by atoms with Gasteiger partial charge < -0.3 is 9.58 Å². The highest BCUT2D eigenvalue weighted by molar-refractivity contribution is 7.76. The summed E-state index contributed by atoms with van der Waals surface area (Å²) in [4.78, 5) is 3.95. The van der Waals surface area contributed by atoms with Crippen molar-refractivity contribution in [1.29, 1.82) is 0 Å². The summed E-state index contributed by atoms with van der Waals surface area (Å²) in [5, 5.41) is 5.07. The van der Waals surface area contributed by atoms with Crippen molar-refractivity contribution in [3.63, 3.8) is 0 Å². The summed E-state index contributed by atoms with van der Waals surface area (Å²) >= 11 is 0. The van der Waals surface area contributed by atoms with Gasteiger partial charge in [0.05, 0.1) is 7.11 Å². The van der Waals surface area contributed by atoms with Gasteiger partial charge in [0.15, 0.2) is 0 Å². The Labute approximate surface area is 207 Å². The Hall–Kier alpha value is -3.64. The molecule has 35 heavy (non-hydrogen) atoms. The Morgan fingerprint density at radius 3 is 1.80 bits per heavy atom. The number of hydrogen-bond acceptors (Lipinski definition) is 2. The van der Waals surface area contributed by atoms with Crippen LogP contribution in [0.25, 0.3) is 4.85 Å². The van der Waals surface area contributed by atoms with E-state index in [2.05, 4.69) is 22.1 Å². The van der Waals surface area contributed by atoms with Gasteiger partial charge in [-0.05, 0) is 60.5 Å². The minimum absolute atomic E-state index is 0.190. The molecule has 0 heterocycles. The summed E-state index contributed by atoms with van der Waals surface area (Å²) in [6, 6.07) is 36.4. The topological polar surface area (TPSA) is 42.7 Å². The SMILES string of the molecule is [C-]#[N+][C@@H](C[C@H](Cc1ccccc1)NP(=O)(c1ccccc1)c1ccccc1)c1ccc(OC)cc1. The Bertz CT molecular complexity index is 1240. The van der Waals surface area contributed by atoms with E-state index >= 15 is 0 Å². The van der Waals surface area contributed by atoms with Crippen LogP contribution in [0.15, 0.2) is 115 Å². The maximum absolute atomic E-state index is 14.7. The van der Waals surface area contributed by atoms with Crippen molar-refractivity contribution in [3.8, 4) is 5.75 Å². The van der Waals surface area contributed by atoms with Crippen LogP contribution in [0.2, 0.25) is 0 Å². The molecule has 176 valence electrons. The molecule has 0 aliphatic heterocycles. The monoisotopic (exact) mass is 480 g/mol. The molecule has 0 spiro atoms. The molecule has 4 nitrogen and oxygen atoms in total. The molecule has 4 rings (SSSR count). The van der Waals surface area contributed by atoms with E-state index in [-0.39, 0.29) is 12.1 Å². The molecule has 5 heteroatoms. The van der Waals surface area contributed by atoms with E-state index in [0.29, 0.717) is 12.8 Å². The average molecular weight is 481 g/mol. The van der Waals surface area contributed by atoms with Crippen molar-refractivity contribution < 1.29 is 9.30 Å². The smallest absolute Gasteiger partial charge is 0.250 e. The van der Waals surface area contributed by atoms with E-state index in [1.165, 1.54) is 0 Å². The molecule has 0 aromatic heterocycles. The van der Waals surface area contributed by atoms with Gasteiger partial charge in [0.25, 0.3) is 0 Å². The second kappa shape index (κ2) is 11.7. The Morgan fingerprint density at radius 1 is 0.800 bits per heavy atom. The minimum atomic E-state index is -3.16. The molecular formula is C30H29N2O2P. The second-order valence-corrected chi connectivity index (χ2v) is 11.0. The third kappa shape index (κ3) is 6.08. The fourth-order valence-electron chi connectivity index (χ4n) is 4.27. The predicted molar refractivity (Wildman–Crippen MR) is 144 cm³/mol. The van der Waals surface area contributed by atoms with Gasteiger partial charge in [-0.25, -0.2) is 6.57 Å². The van der Waals surface area contributed by atoms with Crippen LogP contribution in [-0.4, -0.2) is 13.2 Å². The number of nitrogens with one attached hydrogen (secondary N) is 1. The van der Waals surface area contributed by atoms with Gasteiger partial charge in [-0.2, -0.15) is 0 Å². The number of methoxy groups -OCH3 is 1. The summed E-state index contributed by atoms with van der Waals surface area (Å²) in [7, 11) is -1.53. The van der Waals surface area contributed by atoms with E-state index in [1.54, 1.807) is 7.11 Å². The van der Waals surface area contributed by atoms with Crippen LogP contribution in [0, 0.1) is 6.57 Å². The summed E-state index contributed by atoms with van der Waals surface area (Å²) in [5.41, 5.74) is 2.06. The predicted octanol–water partition coefficient (Wildman–Crippen LogP) is 6.18. The van der Waals surface area contributed by atoms with Gasteiger partial charge >= 0.3 is 0 Å². The summed E-state index contributed by atoms with van der Waals surface area (Å²) in [6.07, 6.45) is 1.18. The lowest BCUT2D eigenvalue weighted by Gasteiger charge is -2.27. The fourth-order valence-corrected chi connectivity index (χ4v) is 6.76. The quantitative estimate of drug-likeness (QED) is 0.218. The van der Waals surface area contributed by atoms with Gasteiger partial charge in [0.2, 0.25) is 13.3 Å². The number of benzene rings is 4. The van der Waals surface area contributed by atoms with Gasteiger partial charge in [-0.3, -0.25) is 9.65 Å². The number of ether oxygens (including phenoxy) is 1. The normalized spacial score (nSPS) is 12.9. The number of nitrogens with zero attached hydrogens (tertiary/aromatic N) is 1. The molecule has 1 N–H and O–H groups in total. The van der Waals surface area contributed by atoms with Crippen molar-refractivity contribution in [1.82, 2.24) is 5.09 Å². The highest BCUT2D eigenvalue weighted by Crippen LogP contribution is 2.41. The first-order valence-corrected chi connectivity index (χ1v) is 13.4. The van der Waals surface area contributed by atoms with Crippen molar-refractivity contribution >= 4 is 17.9 Å². The molecule has 2 atom stereocenters. The number of rotatable bonds is 10. The van der Waals surface area contributed by atoms with Crippen LogP contribution in [0.4, 0.5) is 0 Å². The minimum Gasteiger partial charge on any atom is -0.497 e. The molecule has 0 radical (unpaired) electrons. The van der Waals surface area contributed by atoms with E-state index in [9.17, 15) is 4.57 Å². The molecule has 4 aromatic rings. The third-order valence-electron chi connectivity index (χ3n) is 6.09. The van der Waals surface area contributed by atoms with Crippen molar-refractivity contribution in [2.45, 2.75) is 24.9 Å². The van der Waals surface area contributed by atoms with Crippen LogP contribution in [0.3, 0.4) is 0 Å². The van der Waals surface area contributed by atoms with E-state index in [4.69, 9.17) is 11.3 Å². The van der Waals surface area contributed by atoms with Crippen LogP contribution < -0.4 is 20.4 Å². The third-order valence-corrected chi connectivity index (χ3v) is 8.87. The van der Waals surface area contributed by atoms with Crippen molar-refractivity contribution in [2.75, 3.05) is 7.11 Å². The Balaban J connectivity index is 1.70. The molecule has 0 aliphatic carbocycles.